The topological polar surface area (TPSA) is 70.4 Å². The first-order valence-corrected chi connectivity index (χ1v) is 3.44. The predicted molar refractivity (Wildman–Crippen MR) is 41.6 cm³/mol. The predicted octanol–water partition coefficient (Wildman–Crippen LogP) is 0.508. The van der Waals surface area contributed by atoms with E-state index in [1.54, 1.807) is 19.1 Å². The Morgan fingerprint density at radius 1 is 1.67 bits per heavy atom. The van der Waals surface area contributed by atoms with E-state index in [2.05, 4.69) is 4.98 Å². The third kappa shape index (κ3) is 1.79. The molecule has 4 nitrogen and oxygen atoms in total. The molecule has 0 aliphatic heterocycles. The molecule has 0 aliphatic rings. The lowest BCUT2D eigenvalue weighted by atomic mass is 10.2. The van der Waals surface area contributed by atoms with Crippen molar-refractivity contribution >= 4 is 5.97 Å². The molecule has 4 heteroatoms. The summed E-state index contributed by atoms with van der Waals surface area (Å²) < 4.78 is 0. The van der Waals surface area contributed by atoms with Gasteiger partial charge >= 0.3 is 5.97 Å². The van der Waals surface area contributed by atoms with Crippen molar-refractivity contribution in [1.29, 1.82) is 0 Å². The van der Waals surface area contributed by atoms with E-state index >= 15 is 0 Å². The second-order valence-corrected chi connectivity index (χ2v) is 2.50. The zero-order valence-electron chi connectivity index (χ0n) is 6.56. The standard InChI is InChI=1S/C8H9NO3/c1-5-2-3-9-6(4-5)7(10)8(11)12/h2-4,7,10H,1H3,(H,11,12)/t7-/m0/s1. The highest BCUT2D eigenvalue weighted by molar-refractivity contribution is 5.73. The van der Waals surface area contributed by atoms with Crippen molar-refractivity contribution < 1.29 is 15.0 Å². The van der Waals surface area contributed by atoms with Gasteiger partial charge in [0.25, 0.3) is 0 Å². The van der Waals surface area contributed by atoms with Gasteiger partial charge in [-0.05, 0) is 24.6 Å². The highest BCUT2D eigenvalue weighted by atomic mass is 16.4. The Hall–Kier alpha value is -1.42. The van der Waals surface area contributed by atoms with Crippen molar-refractivity contribution in [2.45, 2.75) is 13.0 Å². The van der Waals surface area contributed by atoms with Gasteiger partial charge < -0.3 is 10.2 Å². The first-order valence-electron chi connectivity index (χ1n) is 3.44. The average molecular weight is 167 g/mol. The van der Waals surface area contributed by atoms with Crippen LogP contribution in [-0.2, 0) is 4.79 Å². The number of hydrogen-bond donors (Lipinski definition) is 2. The largest absolute Gasteiger partial charge is 0.479 e. The van der Waals surface area contributed by atoms with Gasteiger partial charge in [-0.3, -0.25) is 4.98 Å². The van der Waals surface area contributed by atoms with E-state index in [0.29, 0.717) is 0 Å². The van der Waals surface area contributed by atoms with Gasteiger partial charge in [-0.25, -0.2) is 4.79 Å². The summed E-state index contributed by atoms with van der Waals surface area (Å²) >= 11 is 0. The zero-order chi connectivity index (χ0) is 9.14. The van der Waals surface area contributed by atoms with Crippen LogP contribution in [-0.4, -0.2) is 21.2 Å². The minimum atomic E-state index is -1.52. The Bertz CT molecular complexity index is 298. The number of aliphatic hydroxyl groups excluding tert-OH is 1. The fourth-order valence-electron chi connectivity index (χ4n) is 0.836. The van der Waals surface area contributed by atoms with Crippen molar-refractivity contribution in [2.24, 2.45) is 0 Å². The first kappa shape index (κ1) is 8.67. The Balaban J connectivity index is 2.95. The molecule has 0 bridgehead atoms. The number of hydrogen-bond acceptors (Lipinski definition) is 3. The molecule has 0 spiro atoms. The molecule has 0 saturated carbocycles. The molecular formula is C8H9NO3. The summed E-state index contributed by atoms with van der Waals surface area (Å²) in [6, 6.07) is 3.27. The number of rotatable bonds is 2. The van der Waals surface area contributed by atoms with E-state index < -0.39 is 12.1 Å². The minimum absolute atomic E-state index is 0.169. The van der Waals surface area contributed by atoms with Crippen LogP contribution in [0.25, 0.3) is 0 Å². The van der Waals surface area contributed by atoms with Gasteiger partial charge in [-0.2, -0.15) is 0 Å². The van der Waals surface area contributed by atoms with Gasteiger partial charge in [0.15, 0.2) is 6.10 Å². The van der Waals surface area contributed by atoms with Crippen LogP contribution in [0, 0.1) is 6.92 Å². The molecule has 0 amide bonds. The number of carboxylic acid groups (broad SMARTS) is 1. The number of aliphatic carboxylic acids is 1. The van der Waals surface area contributed by atoms with Gasteiger partial charge in [0.2, 0.25) is 0 Å². The summed E-state index contributed by atoms with van der Waals surface area (Å²) in [7, 11) is 0. The summed E-state index contributed by atoms with van der Waals surface area (Å²) in [6.07, 6.45) is -0.0542. The Labute approximate surface area is 69.5 Å². The van der Waals surface area contributed by atoms with Crippen molar-refractivity contribution in [2.75, 3.05) is 0 Å². The molecule has 1 aromatic heterocycles. The summed E-state index contributed by atoms with van der Waals surface area (Å²) in [5.74, 6) is -1.28. The van der Waals surface area contributed by atoms with Gasteiger partial charge in [0.05, 0.1) is 5.69 Å². The second kappa shape index (κ2) is 3.32. The SMILES string of the molecule is Cc1ccnc([C@H](O)C(=O)O)c1. The van der Waals surface area contributed by atoms with E-state index in [9.17, 15) is 4.79 Å². The highest BCUT2D eigenvalue weighted by Crippen LogP contribution is 2.10. The summed E-state index contributed by atoms with van der Waals surface area (Å²) in [5.41, 5.74) is 1.04. The van der Waals surface area contributed by atoms with Crippen molar-refractivity contribution in [3.63, 3.8) is 0 Å². The molecule has 0 radical (unpaired) electrons. The van der Waals surface area contributed by atoms with Crippen LogP contribution in [0.2, 0.25) is 0 Å². The van der Waals surface area contributed by atoms with Crippen LogP contribution in [0.5, 0.6) is 0 Å². The minimum Gasteiger partial charge on any atom is -0.479 e. The van der Waals surface area contributed by atoms with Crippen LogP contribution in [0.15, 0.2) is 18.3 Å². The number of aliphatic hydroxyl groups is 1. The summed E-state index contributed by atoms with van der Waals surface area (Å²) in [6.45, 7) is 1.81. The molecule has 64 valence electrons. The lowest BCUT2D eigenvalue weighted by Crippen LogP contribution is -2.11. The third-order valence-electron chi connectivity index (χ3n) is 1.45. The maximum Gasteiger partial charge on any atom is 0.338 e. The van der Waals surface area contributed by atoms with Gasteiger partial charge in [-0.1, -0.05) is 0 Å². The molecule has 0 aromatic carbocycles. The molecule has 1 atom stereocenters. The molecule has 12 heavy (non-hydrogen) atoms. The van der Waals surface area contributed by atoms with Crippen LogP contribution in [0.1, 0.15) is 17.4 Å². The number of nitrogens with zero attached hydrogens (tertiary/aromatic N) is 1. The highest BCUT2D eigenvalue weighted by Gasteiger charge is 2.16. The maximum atomic E-state index is 10.3. The molecule has 2 N–H and O–H groups in total. The molecule has 0 unspecified atom stereocenters. The Morgan fingerprint density at radius 2 is 2.33 bits per heavy atom. The molecule has 0 aliphatic carbocycles. The van der Waals surface area contributed by atoms with Gasteiger partial charge in [-0.15, -0.1) is 0 Å². The molecule has 1 rings (SSSR count). The lowest BCUT2D eigenvalue weighted by Gasteiger charge is -2.04. The Kier molecular flexibility index (Phi) is 2.40. The van der Waals surface area contributed by atoms with Crippen LogP contribution in [0.3, 0.4) is 0 Å². The molecule has 0 saturated heterocycles. The zero-order valence-corrected chi connectivity index (χ0v) is 6.56. The summed E-state index contributed by atoms with van der Waals surface area (Å²) in [4.78, 5) is 14.1. The fourth-order valence-corrected chi connectivity index (χ4v) is 0.836. The van der Waals surface area contributed by atoms with E-state index in [-0.39, 0.29) is 5.69 Å². The number of carboxylic acids is 1. The average Bonchev–Trinajstić information content (AvgIpc) is 2.03. The van der Waals surface area contributed by atoms with Crippen molar-refractivity contribution in [3.8, 4) is 0 Å². The smallest absolute Gasteiger partial charge is 0.338 e. The number of aryl methyl sites for hydroxylation is 1. The van der Waals surface area contributed by atoms with Gasteiger partial charge in [0.1, 0.15) is 0 Å². The number of pyridine rings is 1. The Morgan fingerprint density at radius 3 is 2.83 bits per heavy atom. The first-order chi connectivity index (χ1) is 5.61. The number of carbonyl (C=O) groups is 1. The van der Waals surface area contributed by atoms with E-state index in [1.807, 2.05) is 0 Å². The molecular weight excluding hydrogens is 158 g/mol. The quantitative estimate of drug-likeness (QED) is 0.673. The maximum absolute atomic E-state index is 10.3. The van der Waals surface area contributed by atoms with E-state index in [1.165, 1.54) is 6.20 Å². The molecule has 1 heterocycles. The molecule has 0 fully saturated rings. The fraction of sp³-hybridized carbons (Fsp3) is 0.250. The van der Waals surface area contributed by atoms with Gasteiger partial charge in [0, 0.05) is 6.20 Å². The lowest BCUT2D eigenvalue weighted by molar-refractivity contribution is -0.147. The van der Waals surface area contributed by atoms with Crippen LogP contribution < -0.4 is 0 Å². The van der Waals surface area contributed by atoms with E-state index in [4.69, 9.17) is 10.2 Å². The van der Waals surface area contributed by atoms with Crippen molar-refractivity contribution in [3.05, 3.63) is 29.6 Å². The van der Waals surface area contributed by atoms with Crippen LogP contribution >= 0.6 is 0 Å². The number of aromatic nitrogens is 1. The van der Waals surface area contributed by atoms with Crippen LogP contribution in [0.4, 0.5) is 0 Å². The molecule has 1 aromatic rings. The van der Waals surface area contributed by atoms with E-state index in [0.717, 1.165) is 5.56 Å². The van der Waals surface area contributed by atoms with Crippen molar-refractivity contribution in [1.82, 2.24) is 4.98 Å². The second-order valence-electron chi connectivity index (χ2n) is 2.50. The summed E-state index contributed by atoms with van der Waals surface area (Å²) in [5, 5.41) is 17.5. The monoisotopic (exact) mass is 167 g/mol. The normalized spacial score (nSPS) is 12.5. The third-order valence-corrected chi connectivity index (χ3v) is 1.45.